The number of aliphatic imine (C=N–C) groups is 1. The van der Waals surface area contributed by atoms with E-state index in [2.05, 4.69) is 75.9 Å². The van der Waals surface area contributed by atoms with E-state index in [-0.39, 0.29) is 23.9 Å². The van der Waals surface area contributed by atoms with Crippen molar-refractivity contribution in [2.24, 2.45) is 4.99 Å². The van der Waals surface area contributed by atoms with Gasteiger partial charge in [-0.15, -0.1) is 0 Å². The zero-order chi connectivity index (χ0) is 28.8. The van der Waals surface area contributed by atoms with Crippen molar-refractivity contribution in [1.82, 2.24) is 15.5 Å². The normalized spacial score (nSPS) is 19.9. The number of fused-ring (bicyclic) bond motifs is 1. The van der Waals surface area contributed by atoms with Crippen LogP contribution in [0.4, 0.5) is 11.4 Å². The van der Waals surface area contributed by atoms with Crippen molar-refractivity contribution in [3.05, 3.63) is 83.0 Å². The Morgan fingerprint density at radius 2 is 1.44 bits per heavy atom. The summed E-state index contributed by atoms with van der Waals surface area (Å²) >= 11 is 6.13. The average molecular weight is 575 g/mol. The molecule has 2 aromatic carbocycles. The highest BCUT2D eigenvalue weighted by molar-refractivity contribution is 6.33. The highest BCUT2D eigenvalue weighted by Crippen LogP contribution is 2.27. The van der Waals surface area contributed by atoms with E-state index in [9.17, 15) is 9.59 Å². The van der Waals surface area contributed by atoms with Crippen LogP contribution in [0.2, 0.25) is 0 Å². The molecule has 1 saturated heterocycles. The van der Waals surface area contributed by atoms with Gasteiger partial charge in [-0.05, 0) is 60.4 Å². The second-order valence-electron chi connectivity index (χ2n) is 10.7. The first kappa shape index (κ1) is 28.7. The van der Waals surface area contributed by atoms with E-state index < -0.39 is 0 Å². The maximum atomic E-state index is 13.1. The molecule has 5 rings (SSSR count). The standard InChI is InChI=1S/C32H39ClN6O2/c1-3-5-30(40)34-21-23-6-10-26(11-7-23)37-16-18-38(19-17-37)27-12-8-24(9-13-27)22-35-32(41)31-28(4-2)36-29-20-25(33)14-15-39(29)31/h6-15,20,28,31H,3-5,16-19,21-22H2,1-2H3,(H,34,40)(H,35,41). The number of piperazine rings is 1. The van der Waals surface area contributed by atoms with E-state index in [1.165, 1.54) is 11.4 Å². The molecule has 2 amide bonds. The highest BCUT2D eigenvalue weighted by Gasteiger charge is 2.39. The van der Waals surface area contributed by atoms with Crippen molar-refractivity contribution in [1.29, 1.82) is 0 Å². The van der Waals surface area contributed by atoms with Crippen LogP contribution < -0.4 is 20.4 Å². The Kier molecular flexibility index (Phi) is 9.29. The van der Waals surface area contributed by atoms with Gasteiger partial charge in [-0.2, -0.15) is 0 Å². The third-order valence-electron chi connectivity index (χ3n) is 7.89. The molecule has 9 heteroatoms. The molecular formula is C32H39ClN6O2. The zero-order valence-corrected chi connectivity index (χ0v) is 24.6. The fourth-order valence-electron chi connectivity index (χ4n) is 5.54. The van der Waals surface area contributed by atoms with Gasteiger partial charge in [-0.25, -0.2) is 0 Å². The molecule has 8 nitrogen and oxygen atoms in total. The summed E-state index contributed by atoms with van der Waals surface area (Å²) in [5, 5.41) is 6.71. The summed E-state index contributed by atoms with van der Waals surface area (Å²) in [4.78, 5) is 36.3. The van der Waals surface area contributed by atoms with Crippen LogP contribution in [0.5, 0.6) is 0 Å². The van der Waals surface area contributed by atoms with Crippen LogP contribution in [0.15, 0.2) is 76.9 Å². The molecule has 2 unspecified atom stereocenters. The third-order valence-corrected chi connectivity index (χ3v) is 8.13. The van der Waals surface area contributed by atoms with Gasteiger partial charge in [0, 0.05) is 68.3 Å². The van der Waals surface area contributed by atoms with Crippen LogP contribution >= 0.6 is 11.6 Å². The molecule has 0 radical (unpaired) electrons. The molecule has 0 spiro atoms. The first-order valence-electron chi connectivity index (χ1n) is 14.6. The fraction of sp³-hybridized carbons (Fsp3) is 0.406. The van der Waals surface area contributed by atoms with E-state index in [4.69, 9.17) is 16.6 Å². The lowest BCUT2D eigenvalue weighted by Gasteiger charge is -2.37. The molecule has 0 aliphatic carbocycles. The molecule has 3 aliphatic heterocycles. The summed E-state index contributed by atoms with van der Waals surface area (Å²) < 4.78 is 0. The molecule has 216 valence electrons. The lowest BCUT2D eigenvalue weighted by atomic mass is 10.1. The van der Waals surface area contributed by atoms with Crippen molar-refractivity contribution >= 4 is 40.6 Å². The van der Waals surface area contributed by atoms with E-state index in [1.54, 1.807) is 6.08 Å². The SMILES string of the molecule is CCCC(=O)NCc1ccc(N2CCN(c3ccc(CNC(=O)C4C(CC)N=C5C=C(Cl)C=CN54)cc3)CC2)cc1. The van der Waals surface area contributed by atoms with Crippen molar-refractivity contribution in [2.75, 3.05) is 36.0 Å². The predicted molar refractivity (Wildman–Crippen MR) is 166 cm³/mol. The van der Waals surface area contributed by atoms with Crippen molar-refractivity contribution < 1.29 is 9.59 Å². The predicted octanol–water partition coefficient (Wildman–Crippen LogP) is 4.56. The molecule has 0 saturated carbocycles. The molecule has 0 bridgehead atoms. The van der Waals surface area contributed by atoms with Gasteiger partial charge in [-0.1, -0.05) is 49.7 Å². The lowest BCUT2D eigenvalue weighted by Crippen LogP contribution is -2.48. The second kappa shape index (κ2) is 13.3. The molecule has 1 fully saturated rings. The van der Waals surface area contributed by atoms with Gasteiger partial charge in [-0.3, -0.25) is 14.6 Å². The summed E-state index contributed by atoms with van der Waals surface area (Å²) in [5.74, 6) is 0.826. The Bertz CT molecular complexity index is 1310. The number of halogens is 1. The minimum absolute atomic E-state index is 0.0267. The number of carbonyl (C=O) groups excluding carboxylic acids is 2. The number of amides is 2. The number of hydrogen-bond donors (Lipinski definition) is 2. The van der Waals surface area contributed by atoms with E-state index >= 15 is 0 Å². The first-order valence-corrected chi connectivity index (χ1v) is 15.0. The number of nitrogens with zero attached hydrogens (tertiary/aromatic N) is 4. The molecule has 41 heavy (non-hydrogen) atoms. The summed E-state index contributed by atoms with van der Waals surface area (Å²) in [5.41, 5.74) is 4.59. The number of hydrogen-bond acceptors (Lipinski definition) is 6. The molecular weight excluding hydrogens is 536 g/mol. The first-order chi connectivity index (χ1) is 19.9. The molecule has 2 N–H and O–H groups in total. The van der Waals surface area contributed by atoms with Crippen LogP contribution in [-0.4, -0.2) is 60.8 Å². The fourth-order valence-corrected chi connectivity index (χ4v) is 5.69. The number of nitrogens with one attached hydrogen (secondary N) is 2. The zero-order valence-electron chi connectivity index (χ0n) is 23.9. The Labute approximate surface area is 247 Å². The van der Waals surface area contributed by atoms with Crippen LogP contribution in [-0.2, 0) is 22.7 Å². The number of allylic oxidation sites excluding steroid dienone is 2. The molecule has 3 heterocycles. The Balaban J connectivity index is 1.08. The van der Waals surface area contributed by atoms with E-state index in [0.29, 0.717) is 24.5 Å². The summed E-state index contributed by atoms with van der Waals surface area (Å²) in [6, 6.07) is 16.5. The quantitative estimate of drug-likeness (QED) is 0.435. The molecule has 2 aromatic rings. The maximum Gasteiger partial charge on any atom is 0.245 e. The third kappa shape index (κ3) is 6.93. The van der Waals surface area contributed by atoms with Gasteiger partial charge < -0.3 is 25.3 Å². The van der Waals surface area contributed by atoms with Crippen molar-refractivity contribution in [3.8, 4) is 0 Å². The Hall–Kier alpha value is -3.78. The van der Waals surface area contributed by atoms with Crippen LogP contribution in [0, 0.1) is 0 Å². The topological polar surface area (TPSA) is 80.3 Å². The monoisotopic (exact) mass is 574 g/mol. The summed E-state index contributed by atoms with van der Waals surface area (Å²) in [6.07, 6.45) is 7.67. The molecule has 2 atom stereocenters. The minimum atomic E-state index is -0.356. The largest absolute Gasteiger partial charge is 0.368 e. The van der Waals surface area contributed by atoms with Crippen LogP contribution in [0.3, 0.4) is 0 Å². The lowest BCUT2D eigenvalue weighted by molar-refractivity contribution is -0.125. The number of rotatable bonds is 10. The van der Waals surface area contributed by atoms with Gasteiger partial charge in [0.05, 0.1) is 6.04 Å². The number of anilines is 2. The second-order valence-corrected chi connectivity index (χ2v) is 11.1. The highest BCUT2D eigenvalue weighted by atomic mass is 35.5. The van der Waals surface area contributed by atoms with Gasteiger partial charge in [0.2, 0.25) is 11.8 Å². The minimum Gasteiger partial charge on any atom is -0.368 e. The van der Waals surface area contributed by atoms with Gasteiger partial charge >= 0.3 is 0 Å². The Morgan fingerprint density at radius 3 is 1.98 bits per heavy atom. The molecule has 0 aromatic heterocycles. The number of amidine groups is 1. The van der Waals surface area contributed by atoms with Gasteiger partial charge in [0.25, 0.3) is 0 Å². The smallest absolute Gasteiger partial charge is 0.245 e. The van der Waals surface area contributed by atoms with Crippen LogP contribution in [0.1, 0.15) is 44.2 Å². The van der Waals surface area contributed by atoms with Gasteiger partial charge in [0.1, 0.15) is 11.9 Å². The summed E-state index contributed by atoms with van der Waals surface area (Å²) in [7, 11) is 0. The number of benzene rings is 2. The Morgan fingerprint density at radius 1 is 0.878 bits per heavy atom. The number of carbonyl (C=O) groups is 2. The van der Waals surface area contributed by atoms with E-state index in [0.717, 1.165) is 56.0 Å². The van der Waals surface area contributed by atoms with Crippen molar-refractivity contribution in [2.45, 2.75) is 58.3 Å². The average Bonchev–Trinajstić information content (AvgIpc) is 3.37. The van der Waals surface area contributed by atoms with Crippen LogP contribution in [0.25, 0.3) is 0 Å². The van der Waals surface area contributed by atoms with E-state index in [1.807, 2.05) is 24.1 Å². The summed E-state index contributed by atoms with van der Waals surface area (Å²) in [6.45, 7) is 8.88. The maximum absolute atomic E-state index is 13.1. The van der Waals surface area contributed by atoms with Gasteiger partial charge in [0.15, 0.2) is 0 Å². The van der Waals surface area contributed by atoms with Crippen molar-refractivity contribution in [3.63, 3.8) is 0 Å². The molecule has 3 aliphatic rings.